The van der Waals surface area contributed by atoms with Crippen LogP contribution < -0.4 is 0 Å². The summed E-state index contributed by atoms with van der Waals surface area (Å²) in [6.07, 6.45) is 0. The molecule has 0 saturated heterocycles. The van der Waals surface area contributed by atoms with Crippen molar-refractivity contribution in [3.63, 3.8) is 0 Å². The maximum atomic E-state index is 11.3. The third kappa shape index (κ3) is 2.87. The first-order valence-corrected chi connectivity index (χ1v) is 7.39. The first kappa shape index (κ1) is 12.4. The lowest BCUT2D eigenvalue weighted by Gasteiger charge is -2.01. The summed E-state index contributed by atoms with van der Waals surface area (Å²) in [5, 5.41) is 0. The number of halogens is 1. The quantitative estimate of drug-likeness (QED) is 0.619. The Hall–Kier alpha value is -0.720. The van der Waals surface area contributed by atoms with E-state index in [2.05, 4.69) is 4.74 Å². The number of hydrogen-bond donors (Lipinski definition) is 0. The van der Waals surface area contributed by atoms with Crippen LogP contribution in [0.15, 0.2) is 29.2 Å². The number of benzene rings is 1. The second-order valence-corrected chi connectivity index (χ2v) is 6.87. The average molecular weight is 267 g/mol. The van der Waals surface area contributed by atoms with Crippen LogP contribution in [0, 0.1) is 0 Å². The number of carbonyl (C=O) groups is 1. The van der Waals surface area contributed by atoms with Gasteiger partial charge in [0.25, 0.3) is 0 Å². The van der Waals surface area contributed by atoms with Gasteiger partial charge in [-0.2, -0.15) is 0 Å². The monoisotopic (exact) mass is 266 g/mol. The standard InChI is InChI=1S/C8H7ClO4S2/c1-13-8(10)6-2-4-7(5-3-6)15(11,12)14-9/h2-5H,1H3. The number of rotatable bonds is 3. The lowest BCUT2D eigenvalue weighted by molar-refractivity contribution is 0.0600. The Morgan fingerprint density at radius 2 is 1.87 bits per heavy atom. The molecule has 7 heteroatoms. The van der Waals surface area contributed by atoms with Crippen molar-refractivity contribution in [2.75, 3.05) is 7.11 Å². The van der Waals surface area contributed by atoms with E-state index < -0.39 is 14.8 Å². The summed E-state index contributed by atoms with van der Waals surface area (Å²) in [5.41, 5.74) is 0.288. The van der Waals surface area contributed by atoms with Crippen LogP contribution in [-0.2, 0) is 13.6 Å². The van der Waals surface area contributed by atoms with Gasteiger partial charge in [-0.05, 0) is 34.9 Å². The molecule has 0 N–H and O–H groups in total. The molecule has 15 heavy (non-hydrogen) atoms. The molecule has 0 bridgehead atoms. The van der Waals surface area contributed by atoms with Crippen LogP contribution in [0.4, 0.5) is 0 Å². The molecule has 0 saturated carbocycles. The van der Waals surface area contributed by atoms with E-state index in [4.69, 9.17) is 10.7 Å². The van der Waals surface area contributed by atoms with Gasteiger partial charge >= 0.3 is 5.97 Å². The third-order valence-corrected chi connectivity index (χ3v) is 5.23. The predicted octanol–water partition coefficient (Wildman–Crippen LogP) is 2.05. The van der Waals surface area contributed by atoms with Gasteiger partial charge in [-0.25, -0.2) is 13.2 Å². The maximum Gasteiger partial charge on any atom is 0.337 e. The summed E-state index contributed by atoms with van der Waals surface area (Å²) >= 11 is 0. The molecule has 0 aliphatic carbocycles. The first-order valence-electron chi connectivity index (χ1n) is 3.75. The number of carbonyl (C=O) groups excluding carboxylic acids is 1. The molecule has 0 heterocycles. The van der Waals surface area contributed by atoms with Crippen molar-refractivity contribution in [2.24, 2.45) is 0 Å². The van der Waals surface area contributed by atoms with Crippen LogP contribution in [0.2, 0.25) is 0 Å². The van der Waals surface area contributed by atoms with Crippen molar-refractivity contribution in [2.45, 2.75) is 4.90 Å². The smallest absolute Gasteiger partial charge is 0.337 e. The van der Waals surface area contributed by atoms with Crippen molar-refractivity contribution in [3.05, 3.63) is 29.8 Å². The number of ether oxygens (including phenoxy) is 1. The van der Waals surface area contributed by atoms with Crippen LogP contribution in [0.25, 0.3) is 0 Å². The van der Waals surface area contributed by atoms with Gasteiger partial charge in [0.05, 0.1) is 27.6 Å². The van der Waals surface area contributed by atoms with Crippen LogP contribution in [0.3, 0.4) is 0 Å². The molecule has 0 aromatic heterocycles. The molecular weight excluding hydrogens is 260 g/mol. The van der Waals surface area contributed by atoms with Gasteiger partial charge in [-0.3, -0.25) is 0 Å². The molecule has 1 aromatic carbocycles. The minimum atomic E-state index is -3.52. The Bertz CT molecular complexity index is 452. The van der Waals surface area contributed by atoms with Gasteiger partial charge in [-0.15, -0.1) is 0 Å². The van der Waals surface area contributed by atoms with E-state index in [0.717, 1.165) is 0 Å². The molecule has 0 aliphatic heterocycles. The van der Waals surface area contributed by atoms with Crippen molar-refractivity contribution < 1.29 is 17.9 Å². The average Bonchev–Trinajstić information content (AvgIpc) is 2.28. The summed E-state index contributed by atoms with van der Waals surface area (Å²) in [7, 11) is 3.16. The SMILES string of the molecule is COC(=O)c1ccc(S(=O)(=O)SCl)cc1. The molecule has 0 aliphatic rings. The second-order valence-electron chi connectivity index (χ2n) is 2.53. The van der Waals surface area contributed by atoms with Gasteiger partial charge < -0.3 is 4.74 Å². The van der Waals surface area contributed by atoms with Crippen molar-refractivity contribution in [1.29, 1.82) is 0 Å². The van der Waals surface area contributed by atoms with Crippen LogP contribution in [-0.4, -0.2) is 21.5 Å². The number of methoxy groups -OCH3 is 1. The Labute approximate surface area is 95.4 Å². The normalized spacial score (nSPS) is 11.1. The molecule has 0 radical (unpaired) electrons. The Kier molecular flexibility index (Phi) is 4.01. The molecule has 0 spiro atoms. The fraction of sp³-hybridized carbons (Fsp3) is 0.125. The van der Waals surface area contributed by atoms with E-state index in [1.165, 1.54) is 31.4 Å². The molecule has 4 nitrogen and oxygen atoms in total. The summed E-state index contributed by atoms with van der Waals surface area (Å²) in [4.78, 5) is 11.1. The van der Waals surface area contributed by atoms with Gasteiger partial charge in [0.1, 0.15) is 0 Å². The molecule has 1 aromatic rings. The highest BCUT2D eigenvalue weighted by Gasteiger charge is 2.14. The van der Waals surface area contributed by atoms with Crippen LogP contribution in [0.1, 0.15) is 10.4 Å². The minimum Gasteiger partial charge on any atom is -0.465 e. The van der Waals surface area contributed by atoms with Gasteiger partial charge in [0.15, 0.2) is 0 Å². The number of hydrogen-bond acceptors (Lipinski definition) is 5. The second kappa shape index (κ2) is 4.87. The highest BCUT2D eigenvalue weighted by Crippen LogP contribution is 2.26. The Balaban J connectivity index is 3.06. The summed E-state index contributed by atoms with van der Waals surface area (Å²) in [5.74, 6) is -0.516. The van der Waals surface area contributed by atoms with Gasteiger partial charge in [-0.1, -0.05) is 0 Å². The largest absolute Gasteiger partial charge is 0.465 e. The zero-order valence-corrected chi connectivity index (χ0v) is 10.0. The molecule has 0 fully saturated rings. The molecule has 0 amide bonds. The van der Waals surface area contributed by atoms with E-state index in [-0.39, 0.29) is 20.5 Å². The summed E-state index contributed by atoms with van der Waals surface area (Å²) in [6, 6.07) is 5.34. The molecule has 82 valence electrons. The van der Waals surface area contributed by atoms with E-state index >= 15 is 0 Å². The van der Waals surface area contributed by atoms with E-state index in [0.29, 0.717) is 0 Å². The lowest BCUT2D eigenvalue weighted by Crippen LogP contribution is -2.01. The molecule has 1 rings (SSSR count). The van der Waals surface area contributed by atoms with Gasteiger partial charge in [0, 0.05) is 0 Å². The zero-order chi connectivity index (χ0) is 11.5. The highest BCUT2D eigenvalue weighted by molar-refractivity contribution is 8.80. The fourth-order valence-corrected chi connectivity index (χ4v) is 2.66. The van der Waals surface area contributed by atoms with Crippen molar-refractivity contribution in [1.82, 2.24) is 0 Å². The van der Waals surface area contributed by atoms with E-state index in [9.17, 15) is 13.2 Å². The molecule has 0 atom stereocenters. The molecule has 0 unspecified atom stereocenters. The Morgan fingerprint density at radius 3 is 2.27 bits per heavy atom. The topological polar surface area (TPSA) is 60.4 Å². The third-order valence-electron chi connectivity index (χ3n) is 1.65. The number of esters is 1. The highest BCUT2D eigenvalue weighted by atomic mass is 35.7. The van der Waals surface area contributed by atoms with E-state index in [1.807, 2.05) is 0 Å². The fourth-order valence-electron chi connectivity index (χ4n) is 0.912. The summed E-state index contributed by atoms with van der Waals surface area (Å²) in [6.45, 7) is 0. The lowest BCUT2D eigenvalue weighted by atomic mass is 10.2. The first-order chi connectivity index (χ1) is 7.01. The summed E-state index contributed by atoms with van der Waals surface area (Å²) < 4.78 is 27.0. The Morgan fingerprint density at radius 1 is 1.33 bits per heavy atom. The maximum absolute atomic E-state index is 11.3. The van der Waals surface area contributed by atoms with Gasteiger partial charge in [0.2, 0.25) is 8.87 Å². The van der Waals surface area contributed by atoms with Crippen LogP contribution >= 0.6 is 20.7 Å². The molecular formula is C8H7ClO4S2. The minimum absolute atomic E-state index is 0.0511. The van der Waals surface area contributed by atoms with E-state index in [1.54, 1.807) is 0 Å². The predicted molar refractivity (Wildman–Crippen MR) is 58.4 cm³/mol. The van der Waals surface area contributed by atoms with Crippen LogP contribution in [0.5, 0.6) is 0 Å². The van der Waals surface area contributed by atoms with Crippen molar-refractivity contribution in [3.8, 4) is 0 Å². The van der Waals surface area contributed by atoms with Crippen molar-refractivity contribution >= 4 is 35.5 Å². The zero-order valence-electron chi connectivity index (χ0n) is 7.64.